The third-order valence-corrected chi connectivity index (χ3v) is 4.23. The van der Waals surface area contributed by atoms with Crippen molar-refractivity contribution in [2.24, 2.45) is 0 Å². The van der Waals surface area contributed by atoms with Gasteiger partial charge in [0, 0.05) is 11.4 Å². The van der Waals surface area contributed by atoms with Crippen molar-refractivity contribution in [2.45, 2.75) is 38.8 Å². The van der Waals surface area contributed by atoms with Crippen LogP contribution in [0, 0.1) is 0 Å². The van der Waals surface area contributed by atoms with E-state index in [0.717, 1.165) is 11.3 Å². The Hall–Kier alpha value is -2.41. The van der Waals surface area contributed by atoms with Crippen LogP contribution in [0.5, 0.6) is 0 Å². The second-order valence-electron chi connectivity index (χ2n) is 5.81. The van der Waals surface area contributed by atoms with Crippen LogP contribution in [0.15, 0.2) is 28.8 Å². The molecular formula is C16H17ClN4O3. The van der Waals surface area contributed by atoms with Crippen LogP contribution in [0.4, 0.5) is 4.79 Å². The van der Waals surface area contributed by atoms with Crippen LogP contribution in [0.2, 0.25) is 5.02 Å². The predicted octanol–water partition coefficient (Wildman–Crippen LogP) is 2.64. The molecule has 0 unspecified atom stereocenters. The number of aromatic nitrogens is 2. The van der Waals surface area contributed by atoms with E-state index >= 15 is 0 Å². The Bertz CT molecular complexity index is 774. The molecule has 7 nitrogen and oxygen atoms in total. The van der Waals surface area contributed by atoms with Crippen LogP contribution in [0.1, 0.15) is 37.5 Å². The van der Waals surface area contributed by atoms with Crippen molar-refractivity contribution in [3.63, 3.8) is 0 Å². The van der Waals surface area contributed by atoms with Crippen molar-refractivity contribution < 1.29 is 14.1 Å². The molecule has 1 saturated heterocycles. The molecule has 0 bridgehead atoms. The van der Waals surface area contributed by atoms with E-state index in [1.54, 1.807) is 31.2 Å². The van der Waals surface area contributed by atoms with Gasteiger partial charge in [0.25, 0.3) is 5.91 Å². The zero-order chi connectivity index (χ0) is 17.3. The summed E-state index contributed by atoms with van der Waals surface area (Å²) in [7, 11) is 0. The van der Waals surface area contributed by atoms with Gasteiger partial charge in [-0.25, -0.2) is 4.79 Å². The maximum absolute atomic E-state index is 12.8. The van der Waals surface area contributed by atoms with Crippen molar-refractivity contribution >= 4 is 23.5 Å². The highest BCUT2D eigenvalue weighted by Crippen LogP contribution is 2.30. The largest absolute Gasteiger partial charge is 0.337 e. The summed E-state index contributed by atoms with van der Waals surface area (Å²) < 4.78 is 5.11. The van der Waals surface area contributed by atoms with E-state index < -0.39 is 11.6 Å². The van der Waals surface area contributed by atoms with Crippen molar-refractivity contribution in [2.75, 3.05) is 0 Å². The van der Waals surface area contributed by atoms with Crippen molar-refractivity contribution in [3.8, 4) is 0 Å². The number of carbonyl (C=O) groups is 2. The first-order valence-corrected chi connectivity index (χ1v) is 8.03. The number of amides is 3. The van der Waals surface area contributed by atoms with Gasteiger partial charge in [-0.05, 0) is 31.0 Å². The molecule has 1 N–H and O–H groups in total. The van der Waals surface area contributed by atoms with Crippen LogP contribution in [0.3, 0.4) is 0 Å². The normalized spacial score (nSPS) is 20.5. The first-order chi connectivity index (χ1) is 11.4. The van der Waals surface area contributed by atoms with Crippen LogP contribution in [-0.2, 0) is 23.3 Å². The Balaban J connectivity index is 1.81. The maximum atomic E-state index is 12.8. The minimum absolute atomic E-state index is 0.0510. The maximum Gasteiger partial charge on any atom is 0.325 e. The fraction of sp³-hybridized carbons (Fsp3) is 0.375. The lowest BCUT2D eigenvalue weighted by Crippen LogP contribution is -2.40. The fourth-order valence-electron chi connectivity index (χ4n) is 2.63. The summed E-state index contributed by atoms with van der Waals surface area (Å²) in [6.45, 7) is 3.61. The first-order valence-electron chi connectivity index (χ1n) is 7.65. The quantitative estimate of drug-likeness (QED) is 0.839. The number of carbonyl (C=O) groups excluding carboxylic acids is 2. The highest BCUT2D eigenvalue weighted by molar-refractivity contribution is 6.30. The summed E-state index contributed by atoms with van der Waals surface area (Å²) >= 11 is 5.88. The Labute approximate surface area is 144 Å². The molecule has 8 heteroatoms. The summed E-state index contributed by atoms with van der Waals surface area (Å²) in [4.78, 5) is 30.3. The van der Waals surface area contributed by atoms with E-state index in [4.69, 9.17) is 16.1 Å². The number of rotatable bonds is 5. The summed E-state index contributed by atoms with van der Waals surface area (Å²) in [6, 6.07) is 6.30. The zero-order valence-corrected chi connectivity index (χ0v) is 14.1. The Morgan fingerprint density at radius 2 is 2.00 bits per heavy atom. The summed E-state index contributed by atoms with van der Waals surface area (Å²) in [5.41, 5.74) is -0.488. The Kier molecular flexibility index (Phi) is 4.28. The van der Waals surface area contributed by atoms with Crippen molar-refractivity contribution in [1.29, 1.82) is 0 Å². The minimum Gasteiger partial charge on any atom is -0.337 e. The summed E-state index contributed by atoms with van der Waals surface area (Å²) in [5, 5.41) is 7.11. The summed E-state index contributed by atoms with van der Waals surface area (Å²) in [6.07, 6.45) is 1.57. The van der Waals surface area contributed by atoms with Gasteiger partial charge in [0.2, 0.25) is 5.89 Å². The average molecular weight is 349 g/mol. The van der Waals surface area contributed by atoms with Crippen LogP contribution >= 0.6 is 11.6 Å². The summed E-state index contributed by atoms with van der Waals surface area (Å²) in [5.74, 6) is 0.437. The average Bonchev–Trinajstić information content (AvgIpc) is 3.07. The third-order valence-electron chi connectivity index (χ3n) is 3.97. The van der Waals surface area contributed by atoms with Crippen LogP contribution < -0.4 is 5.32 Å². The van der Waals surface area contributed by atoms with E-state index in [-0.39, 0.29) is 18.3 Å². The van der Waals surface area contributed by atoms with E-state index in [1.807, 2.05) is 6.92 Å². The van der Waals surface area contributed by atoms with Gasteiger partial charge < -0.3 is 9.84 Å². The molecule has 3 amide bonds. The monoisotopic (exact) mass is 348 g/mol. The molecule has 1 aromatic carbocycles. The highest BCUT2D eigenvalue weighted by atomic mass is 35.5. The zero-order valence-electron chi connectivity index (χ0n) is 13.4. The lowest BCUT2D eigenvalue weighted by atomic mass is 9.92. The number of nitrogens with zero attached hydrogens (tertiary/aromatic N) is 3. The van der Waals surface area contributed by atoms with E-state index in [0.29, 0.717) is 22.8 Å². The van der Waals surface area contributed by atoms with Gasteiger partial charge in [0.15, 0.2) is 5.82 Å². The molecule has 1 aliphatic heterocycles. The van der Waals surface area contributed by atoms with Gasteiger partial charge in [0.1, 0.15) is 12.1 Å². The predicted molar refractivity (Wildman–Crippen MR) is 86.2 cm³/mol. The molecule has 126 valence electrons. The third kappa shape index (κ3) is 2.87. The van der Waals surface area contributed by atoms with Gasteiger partial charge in [-0.2, -0.15) is 4.98 Å². The highest BCUT2D eigenvalue weighted by Gasteiger charge is 2.49. The molecule has 1 aromatic heterocycles. The van der Waals surface area contributed by atoms with Gasteiger partial charge in [-0.3, -0.25) is 9.69 Å². The molecular weight excluding hydrogens is 332 g/mol. The van der Waals surface area contributed by atoms with E-state index in [2.05, 4.69) is 15.5 Å². The molecule has 0 radical (unpaired) electrons. The molecule has 2 aromatic rings. The van der Waals surface area contributed by atoms with Crippen molar-refractivity contribution in [1.82, 2.24) is 20.4 Å². The van der Waals surface area contributed by atoms with E-state index in [1.165, 1.54) is 0 Å². The molecule has 0 saturated carbocycles. The number of halogens is 1. The second-order valence-corrected chi connectivity index (χ2v) is 6.24. The van der Waals surface area contributed by atoms with Crippen LogP contribution in [-0.4, -0.2) is 27.0 Å². The van der Waals surface area contributed by atoms with Gasteiger partial charge in [-0.1, -0.05) is 35.8 Å². The van der Waals surface area contributed by atoms with Gasteiger partial charge in [-0.15, -0.1) is 0 Å². The first kappa shape index (κ1) is 16.4. The molecule has 0 spiro atoms. The second kappa shape index (κ2) is 6.24. The number of hydrogen-bond acceptors (Lipinski definition) is 5. The van der Waals surface area contributed by atoms with E-state index in [9.17, 15) is 9.59 Å². The number of aryl methyl sites for hydroxylation is 1. The van der Waals surface area contributed by atoms with Crippen LogP contribution in [0.25, 0.3) is 0 Å². The molecule has 0 aliphatic carbocycles. The van der Waals surface area contributed by atoms with Crippen molar-refractivity contribution in [3.05, 3.63) is 46.6 Å². The molecule has 1 atom stereocenters. The number of benzene rings is 1. The molecule has 2 heterocycles. The molecule has 1 fully saturated rings. The Morgan fingerprint density at radius 1 is 1.29 bits per heavy atom. The number of hydrogen-bond donors (Lipinski definition) is 1. The number of nitrogens with one attached hydrogen (secondary N) is 1. The number of imide groups is 1. The lowest BCUT2D eigenvalue weighted by molar-refractivity contribution is -0.131. The lowest BCUT2D eigenvalue weighted by Gasteiger charge is -2.22. The van der Waals surface area contributed by atoms with Gasteiger partial charge in [0.05, 0.1) is 0 Å². The standard InChI is InChI=1S/C16H17ClN4O3/c1-3-4-12-18-13(24-20-12)9-21-14(22)16(2,19-15(21)23)10-5-7-11(17)8-6-10/h5-8H,3-4,9H2,1-2H3,(H,19,23)/t16-/m0/s1. The Morgan fingerprint density at radius 3 is 2.67 bits per heavy atom. The number of urea groups is 1. The minimum atomic E-state index is -1.14. The fourth-order valence-corrected chi connectivity index (χ4v) is 2.76. The topological polar surface area (TPSA) is 88.3 Å². The smallest absolute Gasteiger partial charge is 0.325 e. The molecule has 1 aliphatic rings. The SMILES string of the molecule is CCCc1noc(CN2C(=O)N[C@@](C)(c3ccc(Cl)cc3)C2=O)n1. The van der Waals surface area contributed by atoms with Gasteiger partial charge >= 0.3 is 6.03 Å². The molecule has 3 rings (SSSR count). The molecule has 24 heavy (non-hydrogen) atoms.